The van der Waals surface area contributed by atoms with Gasteiger partial charge in [0.15, 0.2) is 0 Å². The third-order valence-electron chi connectivity index (χ3n) is 3.34. The van der Waals surface area contributed by atoms with Crippen LogP contribution in [0.3, 0.4) is 0 Å². The van der Waals surface area contributed by atoms with E-state index in [-0.39, 0.29) is 5.56 Å². The number of benzene rings is 1. The summed E-state index contributed by atoms with van der Waals surface area (Å²) in [5.41, 5.74) is 0.146. The van der Waals surface area contributed by atoms with Crippen LogP contribution in [0.1, 0.15) is 31.4 Å². The maximum absolute atomic E-state index is 13.4. The molecule has 94 valence electrons. The maximum atomic E-state index is 13.4. The van der Waals surface area contributed by atoms with Gasteiger partial charge >= 0.3 is 0 Å². The highest BCUT2D eigenvalue weighted by Crippen LogP contribution is 2.33. The van der Waals surface area contributed by atoms with Gasteiger partial charge in [0.25, 0.3) is 0 Å². The summed E-state index contributed by atoms with van der Waals surface area (Å²) in [6.07, 6.45) is 1.32. The molecule has 1 fully saturated rings. The largest absolute Gasteiger partial charge is 0.387 e. The van der Waals surface area contributed by atoms with Gasteiger partial charge in [0, 0.05) is 24.2 Å². The molecule has 1 aliphatic rings. The fourth-order valence-electron chi connectivity index (χ4n) is 2.09. The Kier molecular flexibility index (Phi) is 3.74. The SMILES string of the molecule is CCC1CC1NCC(O)c1ccc(F)cc1F. The van der Waals surface area contributed by atoms with E-state index in [4.69, 9.17) is 0 Å². The number of aliphatic hydroxyl groups is 1. The highest BCUT2D eigenvalue weighted by atomic mass is 19.1. The molecule has 17 heavy (non-hydrogen) atoms. The van der Waals surface area contributed by atoms with Crippen molar-refractivity contribution in [2.45, 2.75) is 31.9 Å². The lowest BCUT2D eigenvalue weighted by molar-refractivity contribution is 0.169. The number of nitrogens with one attached hydrogen (secondary N) is 1. The number of aliphatic hydroxyl groups excluding tert-OH is 1. The molecule has 1 aliphatic carbocycles. The Morgan fingerprint density at radius 1 is 1.47 bits per heavy atom. The van der Waals surface area contributed by atoms with Crippen LogP contribution in [0.5, 0.6) is 0 Å². The van der Waals surface area contributed by atoms with Gasteiger partial charge in [-0.05, 0) is 18.4 Å². The minimum atomic E-state index is -0.922. The topological polar surface area (TPSA) is 32.3 Å². The first-order valence-corrected chi connectivity index (χ1v) is 5.98. The van der Waals surface area contributed by atoms with Gasteiger partial charge in [0.2, 0.25) is 0 Å². The molecule has 3 atom stereocenters. The van der Waals surface area contributed by atoms with E-state index < -0.39 is 17.7 Å². The smallest absolute Gasteiger partial charge is 0.131 e. The van der Waals surface area contributed by atoms with Crippen molar-refractivity contribution in [3.63, 3.8) is 0 Å². The van der Waals surface area contributed by atoms with Crippen molar-refractivity contribution in [1.82, 2.24) is 5.32 Å². The van der Waals surface area contributed by atoms with Gasteiger partial charge < -0.3 is 10.4 Å². The van der Waals surface area contributed by atoms with E-state index in [1.54, 1.807) is 0 Å². The number of hydrogen-bond acceptors (Lipinski definition) is 2. The molecule has 0 heterocycles. The van der Waals surface area contributed by atoms with E-state index >= 15 is 0 Å². The summed E-state index contributed by atoms with van der Waals surface area (Å²) < 4.78 is 26.1. The summed E-state index contributed by atoms with van der Waals surface area (Å²) >= 11 is 0. The summed E-state index contributed by atoms with van der Waals surface area (Å²) in [4.78, 5) is 0. The quantitative estimate of drug-likeness (QED) is 0.829. The molecule has 1 aromatic rings. The Morgan fingerprint density at radius 3 is 2.82 bits per heavy atom. The molecule has 0 amide bonds. The zero-order chi connectivity index (χ0) is 12.4. The normalized spacial score (nSPS) is 24.7. The van der Waals surface area contributed by atoms with Crippen LogP contribution in [-0.4, -0.2) is 17.7 Å². The molecule has 4 heteroatoms. The first-order chi connectivity index (χ1) is 8.11. The zero-order valence-electron chi connectivity index (χ0n) is 9.79. The lowest BCUT2D eigenvalue weighted by Crippen LogP contribution is -2.25. The number of hydrogen-bond donors (Lipinski definition) is 2. The van der Waals surface area contributed by atoms with Crippen LogP contribution in [0.25, 0.3) is 0 Å². The summed E-state index contributed by atoms with van der Waals surface area (Å²) in [6.45, 7) is 2.44. The van der Waals surface area contributed by atoms with Gasteiger partial charge in [0.05, 0.1) is 6.10 Å². The van der Waals surface area contributed by atoms with Gasteiger partial charge in [-0.15, -0.1) is 0 Å². The Bertz CT molecular complexity index is 397. The van der Waals surface area contributed by atoms with E-state index in [2.05, 4.69) is 12.2 Å². The number of halogens is 2. The highest BCUT2D eigenvalue weighted by molar-refractivity contribution is 5.21. The average Bonchev–Trinajstić information content (AvgIpc) is 3.04. The van der Waals surface area contributed by atoms with Crippen LogP contribution in [-0.2, 0) is 0 Å². The van der Waals surface area contributed by atoms with E-state index in [0.29, 0.717) is 18.5 Å². The maximum Gasteiger partial charge on any atom is 0.131 e. The molecule has 3 unspecified atom stereocenters. The second kappa shape index (κ2) is 5.10. The molecular formula is C13H17F2NO. The predicted molar refractivity (Wildman–Crippen MR) is 61.5 cm³/mol. The monoisotopic (exact) mass is 241 g/mol. The molecule has 2 rings (SSSR count). The third kappa shape index (κ3) is 3.01. The summed E-state index contributed by atoms with van der Waals surface area (Å²) in [6, 6.07) is 3.69. The van der Waals surface area contributed by atoms with Gasteiger partial charge in [0.1, 0.15) is 11.6 Å². The Hall–Kier alpha value is -1.00. The van der Waals surface area contributed by atoms with Crippen molar-refractivity contribution in [3.8, 4) is 0 Å². The van der Waals surface area contributed by atoms with Crippen LogP contribution in [0.15, 0.2) is 18.2 Å². The van der Waals surface area contributed by atoms with Crippen molar-refractivity contribution in [3.05, 3.63) is 35.4 Å². The summed E-state index contributed by atoms with van der Waals surface area (Å²) in [7, 11) is 0. The lowest BCUT2D eigenvalue weighted by atomic mass is 10.1. The summed E-state index contributed by atoms with van der Waals surface area (Å²) in [5, 5.41) is 13.0. The van der Waals surface area contributed by atoms with Crippen LogP contribution < -0.4 is 5.32 Å². The molecule has 0 radical (unpaired) electrons. The van der Waals surface area contributed by atoms with Gasteiger partial charge in [-0.3, -0.25) is 0 Å². The fourth-order valence-corrected chi connectivity index (χ4v) is 2.09. The van der Waals surface area contributed by atoms with Crippen molar-refractivity contribution < 1.29 is 13.9 Å². The molecule has 0 saturated heterocycles. The second-order valence-corrected chi connectivity index (χ2v) is 4.60. The molecule has 0 spiro atoms. The predicted octanol–water partition coefficient (Wildman–Crippen LogP) is 2.39. The van der Waals surface area contributed by atoms with E-state index in [0.717, 1.165) is 25.0 Å². The molecular weight excluding hydrogens is 224 g/mol. The number of rotatable bonds is 5. The Labute approximate surface area is 99.7 Å². The molecule has 2 N–H and O–H groups in total. The van der Waals surface area contributed by atoms with Gasteiger partial charge in [-0.25, -0.2) is 8.78 Å². The average molecular weight is 241 g/mol. The minimum absolute atomic E-state index is 0.146. The van der Waals surface area contributed by atoms with Crippen molar-refractivity contribution >= 4 is 0 Å². The van der Waals surface area contributed by atoms with Crippen molar-refractivity contribution in [2.24, 2.45) is 5.92 Å². The molecule has 0 bridgehead atoms. The van der Waals surface area contributed by atoms with Crippen LogP contribution >= 0.6 is 0 Å². The Morgan fingerprint density at radius 2 is 2.24 bits per heavy atom. The van der Waals surface area contributed by atoms with Crippen molar-refractivity contribution in [2.75, 3.05) is 6.54 Å². The standard InChI is InChI=1S/C13H17F2NO/c1-2-8-5-12(8)16-7-13(17)10-4-3-9(14)6-11(10)15/h3-4,6,8,12-13,16-17H,2,5,7H2,1H3. The highest BCUT2D eigenvalue weighted by Gasteiger charge is 2.35. The lowest BCUT2D eigenvalue weighted by Gasteiger charge is -2.13. The fraction of sp³-hybridized carbons (Fsp3) is 0.538. The zero-order valence-corrected chi connectivity index (χ0v) is 9.79. The molecule has 1 saturated carbocycles. The van der Waals surface area contributed by atoms with Crippen LogP contribution in [0.2, 0.25) is 0 Å². The Balaban J connectivity index is 1.89. The van der Waals surface area contributed by atoms with Crippen molar-refractivity contribution in [1.29, 1.82) is 0 Å². The molecule has 2 nitrogen and oxygen atoms in total. The van der Waals surface area contributed by atoms with E-state index in [1.807, 2.05) is 0 Å². The van der Waals surface area contributed by atoms with E-state index in [9.17, 15) is 13.9 Å². The molecule has 0 aliphatic heterocycles. The van der Waals surface area contributed by atoms with Gasteiger partial charge in [-0.2, -0.15) is 0 Å². The summed E-state index contributed by atoms with van der Waals surface area (Å²) in [5.74, 6) is -0.637. The first-order valence-electron chi connectivity index (χ1n) is 5.98. The molecule has 0 aromatic heterocycles. The van der Waals surface area contributed by atoms with E-state index in [1.165, 1.54) is 6.07 Å². The van der Waals surface area contributed by atoms with Crippen LogP contribution in [0, 0.1) is 17.6 Å². The van der Waals surface area contributed by atoms with Crippen LogP contribution in [0.4, 0.5) is 8.78 Å². The third-order valence-corrected chi connectivity index (χ3v) is 3.34. The second-order valence-electron chi connectivity index (χ2n) is 4.60. The van der Waals surface area contributed by atoms with Gasteiger partial charge in [-0.1, -0.05) is 19.4 Å². The molecule has 1 aromatic carbocycles. The first kappa shape index (κ1) is 12.5. The minimum Gasteiger partial charge on any atom is -0.387 e.